The zero-order valence-electron chi connectivity index (χ0n) is 11.3. The summed E-state index contributed by atoms with van der Waals surface area (Å²) in [5.41, 5.74) is 1.24. The lowest BCUT2D eigenvalue weighted by atomic mass is 10.1. The molecule has 1 unspecified atom stereocenters. The van der Waals surface area contributed by atoms with Crippen molar-refractivity contribution in [3.05, 3.63) is 50.6 Å². The van der Waals surface area contributed by atoms with Crippen LogP contribution in [-0.2, 0) is 0 Å². The van der Waals surface area contributed by atoms with Gasteiger partial charge in [-0.25, -0.2) is 0 Å². The Balaban J connectivity index is 2.08. The van der Waals surface area contributed by atoms with E-state index >= 15 is 0 Å². The molecule has 2 rings (SSSR count). The van der Waals surface area contributed by atoms with Crippen LogP contribution in [0.5, 0.6) is 5.75 Å². The van der Waals surface area contributed by atoms with Crippen LogP contribution in [0.3, 0.4) is 0 Å². The maximum Gasteiger partial charge on any atom is 0.119 e. The van der Waals surface area contributed by atoms with Crippen molar-refractivity contribution in [2.45, 2.75) is 25.9 Å². The molecule has 0 spiro atoms. The van der Waals surface area contributed by atoms with E-state index in [0.717, 1.165) is 5.75 Å². The molecule has 102 valence electrons. The minimum atomic E-state index is 0.277. The third-order valence-corrected chi connectivity index (χ3v) is 5.19. The van der Waals surface area contributed by atoms with Crippen molar-refractivity contribution in [1.29, 1.82) is 0 Å². The number of ether oxygens (including phenoxy) is 1. The lowest BCUT2D eigenvalue weighted by molar-refractivity contribution is 0.412. The maximum absolute atomic E-state index is 5.27. The molecule has 4 heteroatoms. The topological polar surface area (TPSA) is 21.3 Å². The van der Waals surface area contributed by atoms with Crippen molar-refractivity contribution in [2.24, 2.45) is 0 Å². The van der Waals surface area contributed by atoms with Crippen LogP contribution < -0.4 is 10.1 Å². The van der Waals surface area contributed by atoms with Gasteiger partial charge in [0.2, 0.25) is 0 Å². The summed E-state index contributed by atoms with van der Waals surface area (Å²) in [5, 5.41) is 5.72. The van der Waals surface area contributed by atoms with Gasteiger partial charge in [0.25, 0.3) is 0 Å². The lowest BCUT2D eigenvalue weighted by Crippen LogP contribution is -2.22. The third-order valence-electron chi connectivity index (χ3n) is 3.13. The Labute approximate surface area is 126 Å². The summed E-state index contributed by atoms with van der Waals surface area (Å²) >= 11 is 5.35. The summed E-state index contributed by atoms with van der Waals surface area (Å²) < 4.78 is 6.44. The molecule has 1 aromatic carbocycles. The Morgan fingerprint density at radius 3 is 2.63 bits per heavy atom. The lowest BCUT2D eigenvalue weighted by Gasteiger charge is -2.20. The minimum Gasteiger partial charge on any atom is -0.497 e. The van der Waals surface area contributed by atoms with Gasteiger partial charge in [-0.1, -0.05) is 12.1 Å². The Morgan fingerprint density at radius 1 is 1.21 bits per heavy atom. The fraction of sp³-hybridized carbons (Fsp3) is 0.333. The molecule has 0 saturated heterocycles. The van der Waals surface area contributed by atoms with Crippen LogP contribution in [-0.4, -0.2) is 7.11 Å². The van der Waals surface area contributed by atoms with Gasteiger partial charge in [-0.05, 0) is 58.9 Å². The summed E-state index contributed by atoms with van der Waals surface area (Å²) in [7, 11) is 1.70. The quantitative estimate of drug-likeness (QED) is 0.833. The molecule has 0 aliphatic carbocycles. The largest absolute Gasteiger partial charge is 0.497 e. The number of methoxy groups -OCH3 is 1. The zero-order valence-corrected chi connectivity index (χ0v) is 13.7. The highest BCUT2D eigenvalue weighted by molar-refractivity contribution is 9.10. The molecule has 0 radical (unpaired) electrons. The molecule has 1 aromatic heterocycles. The number of nitrogens with one attached hydrogen (secondary N) is 1. The Morgan fingerprint density at radius 2 is 2.00 bits per heavy atom. The van der Waals surface area contributed by atoms with Crippen molar-refractivity contribution in [1.82, 2.24) is 5.32 Å². The predicted octanol–water partition coefficient (Wildman–Crippen LogP) is 4.93. The molecule has 1 N–H and O–H groups in total. The summed E-state index contributed by atoms with van der Waals surface area (Å²) in [6.45, 7) is 4.36. The molecule has 0 fully saturated rings. The highest BCUT2D eigenvalue weighted by Crippen LogP contribution is 2.30. The first-order chi connectivity index (χ1) is 9.11. The van der Waals surface area contributed by atoms with Gasteiger partial charge in [-0.15, -0.1) is 11.3 Å². The van der Waals surface area contributed by atoms with E-state index < -0.39 is 0 Å². The number of hydrogen-bond donors (Lipinski definition) is 1. The van der Waals surface area contributed by atoms with Crippen molar-refractivity contribution in [3.8, 4) is 5.75 Å². The SMILES string of the molecule is COc1cccc([C@@H](C)NC(C)c2sccc2Br)c1. The standard InChI is InChI=1S/C15H18BrNOS/c1-10(12-5-4-6-13(9-12)18-3)17-11(2)15-14(16)7-8-19-15/h4-11,17H,1-3H3/t10-,11?/m1/s1. The van der Waals surface area contributed by atoms with E-state index in [1.54, 1.807) is 18.4 Å². The van der Waals surface area contributed by atoms with Crippen LogP contribution in [0.4, 0.5) is 0 Å². The Bertz CT molecular complexity index is 540. The fourth-order valence-electron chi connectivity index (χ4n) is 2.07. The summed E-state index contributed by atoms with van der Waals surface area (Å²) in [6.07, 6.45) is 0. The highest BCUT2D eigenvalue weighted by Gasteiger charge is 2.14. The Hall–Kier alpha value is -0.840. The van der Waals surface area contributed by atoms with Crippen molar-refractivity contribution >= 4 is 27.3 Å². The third kappa shape index (κ3) is 3.59. The van der Waals surface area contributed by atoms with Gasteiger partial charge in [0.1, 0.15) is 5.75 Å². The number of hydrogen-bond acceptors (Lipinski definition) is 3. The van der Waals surface area contributed by atoms with Crippen LogP contribution in [0.15, 0.2) is 40.2 Å². The van der Waals surface area contributed by atoms with Gasteiger partial charge in [-0.3, -0.25) is 0 Å². The van der Waals surface area contributed by atoms with Crippen molar-refractivity contribution in [2.75, 3.05) is 7.11 Å². The van der Waals surface area contributed by atoms with E-state index in [2.05, 4.69) is 58.7 Å². The number of thiophene rings is 1. The summed E-state index contributed by atoms with van der Waals surface area (Å²) in [6, 6.07) is 10.9. The van der Waals surface area contributed by atoms with E-state index in [1.807, 2.05) is 12.1 Å². The van der Waals surface area contributed by atoms with E-state index in [4.69, 9.17) is 4.74 Å². The molecule has 0 amide bonds. The average molecular weight is 340 g/mol. The first-order valence-electron chi connectivity index (χ1n) is 6.24. The zero-order chi connectivity index (χ0) is 13.8. The van der Waals surface area contributed by atoms with Gasteiger partial charge in [0.15, 0.2) is 0 Å². The highest BCUT2D eigenvalue weighted by atomic mass is 79.9. The molecule has 0 saturated carbocycles. The average Bonchev–Trinajstić information content (AvgIpc) is 2.85. The number of benzene rings is 1. The molecule has 19 heavy (non-hydrogen) atoms. The first kappa shape index (κ1) is 14.6. The van der Waals surface area contributed by atoms with E-state index in [0.29, 0.717) is 6.04 Å². The molecule has 2 aromatic rings. The van der Waals surface area contributed by atoms with E-state index in [1.165, 1.54) is 14.9 Å². The van der Waals surface area contributed by atoms with Gasteiger partial charge >= 0.3 is 0 Å². The molecule has 1 heterocycles. The van der Waals surface area contributed by atoms with Crippen molar-refractivity contribution < 1.29 is 4.74 Å². The second-order valence-electron chi connectivity index (χ2n) is 4.52. The molecular weight excluding hydrogens is 322 g/mol. The predicted molar refractivity (Wildman–Crippen MR) is 85.0 cm³/mol. The molecule has 0 aliphatic rings. The molecular formula is C15H18BrNOS. The van der Waals surface area contributed by atoms with Crippen LogP contribution in [0.2, 0.25) is 0 Å². The van der Waals surface area contributed by atoms with Crippen LogP contribution >= 0.6 is 27.3 Å². The maximum atomic E-state index is 5.27. The molecule has 0 bridgehead atoms. The van der Waals surface area contributed by atoms with Gasteiger partial charge in [0, 0.05) is 21.4 Å². The molecule has 0 aliphatic heterocycles. The summed E-state index contributed by atoms with van der Waals surface area (Å²) in [5.74, 6) is 0.899. The molecule has 2 nitrogen and oxygen atoms in total. The second kappa shape index (κ2) is 6.55. The monoisotopic (exact) mass is 339 g/mol. The minimum absolute atomic E-state index is 0.277. The van der Waals surface area contributed by atoms with Crippen molar-refractivity contribution in [3.63, 3.8) is 0 Å². The van der Waals surface area contributed by atoms with Crippen LogP contribution in [0.25, 0.3) is 0 Å². The fourth-order valence-corrected chi connectivity index (χ4v) is 3.81. The number of rotatable bonds is 5. The number of halogens is 1. The normalized spacial score (nSPS) is 14.1. The smallest absolute Gasteiger partial charge is 0.119 e. The van der Waals surface area contributed by atoms with Gasteiger partial charge in [0.05, 0.1) is 7.11 Å². The van der Waals surface area contributed by atoms with Gasteiger partial charge < -0.3 is 10.1 Å². The Kier molecular flexibility index (Phi) is 5.02. The van der Waals surface area contributed by atoms with E-state index in [9.17, 15) is 0 Å². The molecule has 2 atom stereocenters. The van der Waals surface area contributed by atoms with Gasteiger partial charge in [-0.2, -0.15) is 0 Å². The first-order valence-corrected chi connectivity index (χ1v) is 7.92. The van der Waals surface area contributed by atoms with E-state index in [-0.39, 0.29) is 6.04 Å². The van der Waals surface area contributed by atoms with Crippen LogP contribution in [0.1, 0.15) is 36.4 Å². The summed E-state index contributed by atoms with van der Waals surface area (Å²) in [4.78, 5) is 1.33. The van der Waals surface area contributed by atoms with Crippen LogP contribution in [0, 0.1) is 0 Å². The second-order valence-corrected chi connectivity index (χ2v) is 6.32.